The van der Waals surface area contributed by atoms with E-state index in [0.717, 1.165) is 5.25 Å². The van der Waals surface area contributed by atoms with Gasteiger partial charge in [-0.05, 0) is 13.8 Å². The van der Waals surface area contributed by atoms with E-state index >= 15 is 0 Å². The van der Waals surface area contributed by atoms with Crippen molar-refractivity contribution in [1.82, 2.24) is 0 Å². The first-order chi connectivity index (χ1) is 1.73. The van der Waals surface area contributed by atoms with Crippen LogP contribution < -0.4 is 0 Å². The average Bonchev–Trinajstić information content (AvgIpc) is 0.811. The number of rotatable bonds is 0. The lowest BCUT2D eigenvalue weighted by Crippen LogP contribution is -1.55. The Labute approximate surface area is 32.6 Å². The van der Waals surface area contributed by atoms with Gasteiger partial charge in [-0.25, -0.2) is 0 Å². The number of hydrogen-bond donors (Lipinski definition) is 1. The fourth-order valence-electron chi connectivity index (χ4n) is 0. The van der Waals surface area contributed by atoms with Gasteiger partial charge in [-0.1, -0.05) is 0 Å². The molecule has 0 atom stereocenters. The molecule has 0 spiro atoms. The average molecular weight is 75.2 g/mol. The zero-order valence-corrected chi connectivity index (χ0v) is 3.84. The standard InChI is InChI=1S/C3H7S/c1-3(2)4/h4H,1-2H3. The molecule has 0 aliphatic rings. The normalized spacial score (nSPS) is 9.00. The minimum absolute atomic E-state index is 1.11. The molecule has 0 N–H and O–H groups in total. The lowest BCUT2D eigenvalue weighted by atomic mass is 10.6. The zero-order chi connectivity index (χ0) is 3.58. The Morgan fingerprint density at radius 2 is 1.50 bits per heavy atom. The summed E-state index contributed by atoms with van der Waals surface area (Å²) in [6.45, 7) is 3.90. The number of thiol groups is 1. The minimum atomic E-state index is 1.11. The first-order valence-corrected chi connectivity index (χ1v) is 1.67. The molecular formula is C3H7S. The summed E-state index contributed by atoms with van der Waals surface area (Å²) < 4.78 is 0. The molecule has 0 saturated carbocycles. The van der Waals surface area contributed by atoms with Crippen LogP contribution >= 0.6 is 12.6 Å². The van der Waals surface area contributed by atoms with E-state index in [9.17, 15) is 0 Å². The summed E-state index contributed by atoms with van der Waals surface area (Å²) in [6.07, 6.45) is 0. The van der Waals surface area contributed by atoms with Gasteiger partial charge in [0, 0.05) is 5.25 Å². The van der Waals surface area contributed by atoms with Crippen molar-refractivity contribution in [1.29, 1.82) is 0 Å². The molecule has 0 rings (SSSR count). The third-order valence-corrected chi connectivity index (χ3v) is 0. The molecule has 0 amide bonds. The van der Waals surface area contributed by atoms with Crippen molar-refractivity contribution in [3.63, 3.8) is 0 Å². The molecule has 0 fully saturated rings. The monoisotopic (exact) mass is 75.0 g/mol. The van der Waals surface area contributed by atoms with E-state index in [0.29, 0.717) is 0 Å². The van der Waals surface area contributed by atoms with Crippen molar-refractivity contribution in [3.05, 3.63) is 5.25 Å². The summed E-state index contributed by atoms with van der Waals surface area (Å²) >= 11 is 3.88. The van der Waals surface area contributed by atoms with Crippen LogP contribution in [-0.4, -0.2) is 0 Å². The van der Waals surface area contributed by atoms with Gasteiger partial charge in [0.15, 0.2) is 0 Å². The molecule has 4 heavy (non-hydrogen) atoms. The van der Waals surface area contributed by atoms with Crippen molar-refractivity contribution in [3.8, 4) is 0 Å². The maximum atomic E-state index is 3.88. The second-order valence-corrected chi connectivity index (χ2v) is 1.84. The van der Waals surface area contributed by atoms with Crippen LogP contribution in [0.15, 0.2) is 0 Å². The van der Waals surface area contributed by atoms with Gasteiger partial charge in [0.05, 0.1) is 0 Å². The molecule has 1 radical (unpaired) electrons. The van der Waals surface area contributed by atoms with E-state index in [-0.39, 0.29) is 0 Å². The Bertz CT molecular complexity index is 8.00. The van der Waals surface area contributed by atoms with E-state index in [4.69, 9.17) is 0 Å². The lowest BCUT2D eigenvalue weighted by Gasteiger charge is -1.77. The van der Waals surface area contributed by atoms with Crippen LogP contribution in [0.3, 0.4) is 0 Å². The van der Waals surface area contributed by atoms with Gasteiger partial charge in [-0.15, -0.1) is 0 Å². The Kier molecular flexibility index (Phi) is 1.79. The highest BCUT2D eigenvalue weighted by atomic mass is 32.1. The topological polar surface area (TPSA) is 0 Å². The van der Waals surface area contributed by atoms with Gasteiger partial charge < -0.3 is 0 Å². The van der Waals surface area contributed by atoms with E-state index < -0.39 is 0 Å². The van der Waals surface area contributed by atoms with E-state index in [1.54, 1.807) is 0 Å². The molecule has 0 unspecified atom stereocenters. The summed E-state index contributed by atoms with van der Waals surface area (Å²) in [6, 6.07) is 0. The van der Waals surface area contributed by atoms with Crippen LogP contribution in [0.1, 0.15) is 13.8 Å². The largest absolute Gasteiger partial charge is 0.172 e. The van der Waals surface area contributed by atoms with Crippen molar-refractivity contribution in [2.75, 3.05) is 0 Å². The number of hydrogen-bond acceptors (Lipinski definition) is 1. The van der Waals surface area contributed by atoms with Crippen molar-refractivity contribution in [2.24, 2.45) is 0 Å². The molecule has 0 saturated heterocycles. The van der Waals surface area contributed by atoms with Crippen molar-refractivity contribution < 1.29 is 0 Å². The molecule has 0 aromatic heterocycles. The highest BCUT2D eigenvalue weighted by Gasteiger charge is 1.70. The Morgan fingerprint density at radius 3 is 1.50 bits per heavy atom. The Hall–Kier alpha value is 0.350. The predicted octanol–water partition coefficient (Wildman–Crippen LogP) is 1.49. The van der Waals surface area contributed by atoms with Crippen LogP contribution in [0.25, 0.3) is 0 Å². The van der Waals surface area contributed by atoms with Crippen LogP contribution in [0.5, 0.6) is 0 Å². The first-order valence-electron chi connectivity index (χ1n) is 1.22. The third-order valence-electron chi connectivity index (χ3n) is 0. The Morgan fingerprint density at radius 1 is 1.50 bits per heavy atom. The molecule has 0 aromatic rings. The lowest BCUT2D eigenvalue weighted by molar-refractivity contribution is 1.35. The van der Waals surface area contributed by atoms with Crippen LogP contribution in [0, 0.1) is 5.25 Å². The smallest absolute Gasteiger partial charge is 0.0212 e. The molecule has 0 heterocycles. The first kappa shape index (κ1) is 4.35. The van der Waals surface area contributed by atoms with Gasteiger partial charge in [0.2, 0.25) is 0 Å². The second kappa shape index (κ2) is 1.65. The molecule has 0 aliphatic carbocycles. The highest BCUT2D eigenvalue weighted by molar-refractivity contribution is 7.83. The highest BCUT2D eigenvalue weighted by Crippen LogP contribution is 1.95. The third kappa shape index (κ3) is 35.0. The molecule has 0 aromatic carbocycles. The van der Waals surface area contributed by atoms with Gasteiger partial charge in [0.1, 0.15) is 0 Å². The molecular weight excluding hydrogens is 68.1 g/mol. The molecule has 25 valence electrons. The predicted molar refractivity (Wildman–Crippen MR) is 23.6 cm³/mol. The van der Waals surface area contributed by atoms with Crippen LogP contribution in [0.2, 0.25) is 0 Å². The minimum Gasteiger partial charge on any atom is -0.172 e. The molecule has 0 nitrogen and oxygen atoms in total. The maximum Gasteiger partial charge on any atom is 0.0212 e. The van der Waals surface area contributed by atoms with Gasteiger partial charge in [0.25, 0.3) is 0 Å². The molecule has 1 heteroatoms. The van der Waals surface area contributed by atoms with Crippen molar-refractivity contribution in [2.45, 2.75) is 13.8 Å². The van der Waals surface area contributed by atoms with Crippen LogP contribution in [-0.2, 0) is 0 Å². The summed E-state index contributed by atoms with van der Waals surface area (Å²) in [4.78, 5) is 0. The van der Waals surface area contributed by atoms with Gasteiger partial charge in [-0.3, -0.25) is 0 Å². The molecule has 0 aliphatic heterocycles. The van der Waals surface area contributed by atoms with E-state index in [1.165, 1.54) is 0 Å². The van der Waals surface area contributed by atoms with Crippen molar-refractivity contribution >= 4 is 12.6 Å². The maximum absolute atomic E-state index is 3.88. The second-order valence-electron chi connectivity index (χ2n) is 0.947. The van der Waals surface area contributed by atoms with E-state index in [1.807, 2.05) is 13.8 Å². The van der Waals surface area contributed by atoms with Gasteiger partial charge in [-0.2, -0.15) is 12.6 Å². The van der Waals surface area contributed by atoms with Gasteiger partial charge >= 0.3 is 0 Å². The summed E-state index contributed by atoms with van der Waals surface area (Å²) in [7, 11) is 0. The summed E-state index contributed by atoms with van der Waals surface area (Å²) in [5.74, 6) is 0. The van der Waals surface area contributed by atoms with E-state index in [2.05, 4.69) is 12.6 Å². The zero-order valence-electron chi connectivity index (χ0n) is 2.95. The fraction of sp³-hybridized carbons (Fsp3) is 0.667. The summed E-state index contributed by atoms with van der Waals surface area (Å²) in [5.41, 5.74) is 0. The Balaban J connectivity index is 2.32. The quantitative estimate of drug-likeness (QED) is 0.414. The SMILES string of the molecule is C[C](C)S. The fourth-order valence-corrected chi connectivity index (χ4v) is 0. The van der Waals surface area contributed by atoms with Crippen LogP contribution in [0.4, 0.5) is 0 Å². The summed E-state index contributed by atoms with van der Waals surface area (Å²) in [5, 5.41) is 1.11. The molecule has 0 bridgehead atoms.